The number of hydrogen-bond acceptors (Lipinski definition) is 3. The molecule has 4 nitrogen and oxygen atoms in total. The molecule has 0 saturated heterocycles. The van der Waals surface area contributed by atoms with Crippen molar-refractivity contribution in [1.29, 1.82) is 0 Å². The second-order valence-corrected chi connectivity index (χ2v) is 4.49. The van der Waals surface area contributed by atoms with Crippen LogP contribution in [0.2, 0.25) is 0 Å². The Hall–Kier alpha value is -1.29. The van der Waals surface area contributed by atoms with Crippen molar-refractivity contribution in [1.82, 2.24) is 10.3 Å². The molecule has 0 radical (unpaired) electrons. The number of ether oxygens (including phenoxy) is 1. The molecule has 0 bridgehead atoms. The molecule has 0 aliphatic heterocycles. The lowest BCUT2D eigenvalue weighted by molar-refractivity contribution is 0.0594. The Morgan fingerprint density at radius 3 is 2.67 bits per heavy atom. The Balaban J connectivity index is 2.57. The fourth-order valence-electron chi connectivity index (χ4n) is 1.13. The molecule has 0 aliphatic carbocycles. The molecule has 1 aromatic rings. The van der Waals surface area contributed by atoms with E-state index in [1.54, 1.807) is 6.07 Å². The molecule has 0 amide bonds. The fourth-order valence-corrected chi connectivity index (χ4v) is 1.13. The van der Waals surface area contributed by atoms with Gasteiger partial charge in [0.1, 0.15) is 5.69 Å². The van der Waals surface area contributed by atoms with Crippen molar-refractivity contribution >= 4 is 5.97 Å². The van der Waals surface area contributed by atoms with Gasteiger partial charge in [0.05, 0.1) is 7.11 Å². The van der Waals surface area contributed by atoms with Crippen LogP contribution in [0.3, 0.4) is 0 Å². The molecule has 4 heteroatoms. The third-order valence-corrected chi connectivity index (χ3v) is 1.96. The number of hydrogen-bond donors (Lipinski definition) is 2. The second kappa shape index (κ2) is 4.49. The van der Waals surface area contributed by atoms with Crippen LogP contribution in [0.4, 0.5) is 0 Å². The molecular weight excluding hydrogens is 192 g/mol. The van der Waals surface area contributed by atoms with Gasteiger partial charge in [-0.05, 0) is 32.9 Å². The van der Waals surface area contributed by atoms with Crippen LogP contribution in [-0.2, 0) is 11.3 Å². The van der Waals surface area contributed by atoms with E-state index in [1.165, 1.54) is 7.11 Å². The third kappa shape index (κ3) is 3.75. The Morgan fingerprint density at radius 2 is 2.13 bits per heavy atom. The van der Waals surface area contributed by atoms with Crippen LogP contribution in [0.15, 0.2) is 12.1 Å². The molecule has 84 valence electrons. The Morgan fingerprint density at radius 1 is 1.47 bits per heavy atom. The summed E-state index contributed by atoms with van der Waals surface area (Å²) in [5, 5.41) is 3.33. The van der Waals surface area contributed by atoms with Crippen LogP contribution in [0.25, 0.3) is 0 Å². The van der Waals surface area contributed by atoms with Gasteiger partial charge < -0.3 is 15.0 Å². The maximum Gasteiger partial charge on any atom is 0.354 e. The summed E-state index contributed by atoms with van der Waals surface area (Å²) < 4.78 is 4.60. The van der Waals surface area contributed by atoms with Gasteiger partial charge in [-0.3, -0.25) is 0 Å². The molecule has 15 heavy (non-hydrogen) atoms. The van der Waals surface area contributed by atoms with Gasteiger partial charge in [-0.1, -0.05) is 0 Å². The molecular formula is C11H18N2O2. The normalized spacial score (nSPS) is 11.5. The first-order valence-electron chi connectivity index (χ1n) is 4.93. The minimum Gasteiger partial charge on any atom is -0.464 e. The number of aromatic amines is 1. The van der Waals surface area contributed by atoms with Crippen LogP contribution < -0.4 is 5.32 Å². The highest BCUT2D eigenvalue weighted by atomic mass is 16.5. The van der Waals surface area contributed by atoms with Crippen molar-refractivity contribution in [3.63, 3.8) is 0 Å². The number of carbonyl (C=O) groups is 1. The van der Waals surface area contributed by atoms with Crippen LogP contribution in [0, 0.1) is 0 Å². The van der Waals surface area contributed by atoms with Crippen molar-refractivity contribution in [2.75, 3.05) is 7.11 Å². The summed E-state index contributed by atoms with van der Waals surface area (Å²) in [6.07, 6.45) is 0. The van der Waals surface area contributed by atoms with Gasteiger partial charge in [-0.15, -0.1) is 0 Å². The second-order valence-electron chi connectivity index (χ2n) is 4.49. The molecule has 1 aromatic heterocycles. The van der Waals surface area contributed by atoms with E-state index in [2.05, 4.69) is 35.8 Å². The van der Waals surface area contributed by atoms with E-state index in [1.807, 2.05) is 6.07 Å². The zero-order valence-corrected chi connectivity index (χ0v) is 9.68. The van der Waals surface area contributed by atoms with E-state index in [0.717, 1.165) is 5.69 Å². The highest BCUT2D eigenvalue weighted by Gasteiger charge is 2.11. The number of rotatable bonds is 3. The number of nitrogens with one attached hydrogen (secondary N) is 2. The SMILES string of the molecule is COC(=O)c1ccc(CNC(C)(C)C)[nH]1. The van der Waals surface area contributed by atoms with Crippen LogP contribution in [-0.4, -0.2) is 23.6 Å². The van der Waals surface area contributed by atoms with Crippen LogP contribution in [0.5, 0.6) is 0 Å². The first kappa shape index (κ1) is 11.8. The summed E-state index contributed by atoms with van der Waals surface area (Å²) in [5.41, 5.74) is 1.53. The molecule has 2 N–H and O–H groups in total. The molecule has 0 unspecified atom stereocenters. The van der Waals surface area contributed by atoms with Gasteiger partial charge >= 0.3 is 5.97 Å². The lowest BCUT2D eigenvalue weighted by Gasteiger charge is -2.19. The average Bonchev–Trinajstić information content (AvgIpc) is 2.61. The Labute approximate surface area is 90.0 Å². The van der Waals surface area contributed by atoms with Gasteiger partial charge in [0.15, 0.2) is 0 Å². The van der Waals surface area contributed by atoms with Crippen molar-refractivity contribution < 1.29 is 9.53 Å². The molecule has 0 fully saturated rings. The summed E-state index contributed by atoms with van der Waals surface area (Å²) in [6.45, 7) is 6.99. The van der Waals surface area contributed by atoms with Crippen molar-refractivity contribution in [2.24, 2.45) is 0 Å². The number of carbonyl (C=O) groups excluding carboxylic acids is 1. The summed E-state index contributed by atoms with van der Waals surface area (Å²) in [6, 6.07) is 3.61. The molecule has 0 spiro atoms. The van der Waals surface area contributed by atoms with E-state index in [9.17, 15) is 4.79 Å². The van der Waals surface area contributed by atoms with Crippen molar-refractivity contribution in [3.8, 4) is 0 Å². The zero-order chi connectivity index (χ0) is 11.5. The van der Waals surface area contributed by atoms with Crippen LogP contribution >= 0.6 is 0 Å². The van der Waals surface area contributed by atoms with E-state index >= 15 is 0 Å². The highest BCUT2D eigenvalue weighted by molar-refractivity contribution is 5.87. The summed E-state index contributed by atoms with van der Waals surface area (Å²) in [5.74, 6) is -0.336. The number of esters is 1. The number of H-pyrrole nitrogens is 1. The quantitative estimate of drug-likeness (QED) is 0.746. The van der Waals surface area contributed by atoms with Gasteiger partial charge in [-0.2, -0.15) is 0 Å². The molecule has 1 heterocycles. The van der Waals surface area contributed by atoms with Gasteiger partial charge in [0.25, 0.3) is 0 Å². The number of methoxy groups -OCH3 is 1. The monoisotopic (exact) mass is 210 g/mol. The smallest absolute Gasteiger partial charge is 0.354 e. The molecule has 1 rings (SSSR count). The number of aromatic nitrogens is 1. The highest BCUT2D eigenvalue weighted by Crippen LogP contribution is 2.06. The van der Waals surface area contributed by atoms with Gasteiger partial charge in [0, 0.05) is 17.8 Å². The predicted molar refractivity (Wildman–Crippen MR) is 58.7 cm³/mol. The molecule has 0 saturated carbocycles. The average molecular weight is 210 g/mol. The van der Waals surface area contributed by atoms with Gasteiger partial charge in [-0.25, -0.2) is 4.79 Å². The lowest BCUT2D eigenvalue weighted by atomic mass is 10.1. The first-order valence-corrected chi connectivity index (χ1v) is 4.93. The minimum absolute atomic E-state index is 0.0660. The maximum atomic E-state index is 11.2. The van der Waals surface area contributed by atoms with Crippen LogP contribution in [0.1, 0.15) is 37.0 Å². The van der Waals surface area contributed by atoms with E-state index in [0.29, 0.717) is 12.2 Å². The van der Waals surface area contributed by atoms with E-state index < -0.39 is 0 Å². The van der Waals surface area contributed by atoms with Gasteiger partial charge in [0.2, 0.25) is 0 Å². The first-order chi connectivity index (χ1) is 6.92. The van der Waals surface area contributed by atoms with E-state index in [-0.39, 0.29) is 11.5 Å². The predicted octanol–water partition coefficient (Wildman–Crippen LogP) is 1.69. The topological polar surface area (TPSA) is 54.1 Å². The minimum atomic E-state index is -0.336. The molecule has 0 atom stereocenters. The molecule has 0 aliphatic rings. The summed E-state index contributed by atoms with van der Waals surface area (Å²) in [4.78, 5) is 14.2. The largest absolute Gasteiger partial charge is 0.464 e. The zero-order valence-electron chi connectivity index (χ0n) is 9.68. The summed E-state index contributed by atoms with van der Waals surface area (Å²) >= 11 is 0. The lowest BCUT2D eigenvalue weighted by Crippen LogP contribution is -2.35. The Kier molecular flexibility index (Phi) is 3.52. The fraction of sp³-hybridized carbons (Fsp3) is 0.545. The maximum absolute atomic E-state index is 11.2. The van der Waals surface area contributed by atoms with Crippen molar-refractivity contribution in [2.45, 2.75) is 32.9 Å². The van der Waals surface area contributed by atoms with E-state index in [4.69, 9.17) is 0 Å². The standard InChI is InChI=1S/C11H18N2O2/c1-11(2,3)12-7-8-5-6-9(13-8)10(14)15-4/h5-6,12-13H,7H2,1-4H3. The Bertz CT molecular complexity index is 337. The van der Waals surface area contributed by atoms with Crippen molar-refractivity contribution in [3.05, 3.63) is 23.5 Å². The molecule has 0 aromatic carbocycles. The third-order valence-electron chi connectivity index (χ3n) is 1.96. The summed E-state index contributed by atoms with van der Waals surface area (Å²) in [7, 11) is 1.37.